The summed E-state index contributed by atoms with van der Waals surface area (Å²) in [6, 6.07) is 9.55. The van der Waals surface area contributed by atoms with E-state index in [-0.39, 0.29) is 5.56 Å². The highest BCUT2D eigenvalue weighted by atomic mass is 32.2. The zero-order valence-electron chi connectivity index (χ0n) is 12.3. The lowest BCUT2D eigenvalue weighted by molar-refractivity contribution is 0.814. The summed E-state index contributed by atoms with van der Waals surface area (Å²) >= 11 is 1.61. The summed E-state index contributed by atoms with van der Waals surface area (Å²) in [5.41, 5.74) is 8.56. The molecule has 2 aromatic rings. The summed E-state index contributed by atoms with van der Waals surface area (Å²) in [4.78, 5) is 18.8. The van der Waals surface area contributed by atoms with E-state index in [1.165, 1.54) is 5.56 Å². The molecule has 1 aromatic heterocycles. The number of rotatable bonds is 7. The zero-order valence-corrected chi connectivity index (χ0v) is 13.1. The molecule has 1 heterocycles. The minimum Gasteiger partial charge on any atom is -0.399 e. The number of nitrogens with one attached hydrogen (secondary N) is 1. The first-order chi connectivity index (χ1) is 10.2. The smallest absolute Gasteiger partial charge is 0.251 e. The average molecular weight is 303 g/mol. The molecule has 4 nitrogen and oxygen atoms in total. The zero-order chi connectivity index (χ0) is 15.1. The first kappa shape index (κ1) is 15.6. The number of hydrogen-bond donors (Lipinski definition) is 2. The van der Waals surface area contributed by atoms with E-state index in [2.05, 4.69) is 29.0 Å². The summed E-state index contributed by atoms with van der Waals surface area (Å²) in [6.45, 7) is 2.09. The van der Waals surface area contributed by atoms with Crippen LogP contribution in [0.2, 0.25) is 0 Å². The Morgan fingerprint density at radius 1 is 1.24 bits per heavy atom. The molecule has 1 aromatic carbocycles. The van der Waals surface area contributed by atoms with Crippen molar-refractivity contribution >= 4 is 17.4 Å². The molecule has 0 radical (unpaired) electrons. The van der Waals surface area contributed by atoms with Crippen molar-refractivity contribution in [3.05, 3.63) is 51.9 Å². The van der Waals surface area contributed by atoms with Crippen LogP contribution < -0.4 is 11.3 Å². The van der Waals surface area contributed by atoms with Crippen LogP contribution in [0.1, 0.15) is 31.0 Å². The van der Waals surface area contributed by atoms with E-state index in [1.54, 1.807) is 17.8 Å². The number of aromatic amines is 1. The molecule has 0 fully saturated rings. The summed E-state index contributed by atoms with van der Waals surface area (Å²) in [5, 5.41) is 0.725. The maximum absolute atomic E-state index is 11.6. The van der Waals surface area contributed by atoms with E-state index in [9.17, 15) is 4.79 Å². The largest absolute Gasteiger partial charge is 0.399 e. The Morgan fingerprint density at radius 3 is 2.71 bits per heavy atom. The van der Waals surface area contributed by atoms with Gasteiger partial charge in [0.2, 0.25) is 0 Å². The Hall–Kier alpha value is -1.75. The molecule has 21 heavy (non-hydrogen) atoms. The van der Waals surface area contributed by atoms with Crippen LogP contribution in [0.25, 0.3) is 0 Å². The lowest BCUT2D eigenvalue weighted by Crippen LogP contribution is -2.10. The fourth-order valence-electron chi connectivity index (χ4n) is 2.07. The maximum atomic E-state index is 11.6. The second kappa shape index (κ2) is 7.88. The maximum Gasteiger partial charge on any atom is 0.251 e. The van der Waals surface area contributed by atoms with Gasteiger partial charge in [-0.25, -0.2) is 4.98 Å². The fourth-order valence-corrected chi connectivity index (χ4v) is 2.90. The van der Waals surface area contributed by atoms with Gasteiger partial charge in [-0.05, 0) is 37.0 Å². The molecule has 0 aliphatic carbocycles. The minimum absolute atomic E-state index is 0.0607. The van der Waals surface area contributed by atoms with Crippen LogP contribution in [0.5, 0.6) is 0 Å². The van der Waals surface area contributed by atoms with Crippen LogP contribution in [0.3, 0.4) is 0 Å². The number of nitrogen functional groups attached to an aromatic ring is 1. The van der Waals surface area contributed by atoms with Crippen molar-refractivity contribution in [3.63, 3.8) is 0 Å². The summed E-state index contributed by atoms with van der Waals surface area (Å²) in [5.74, 6) is 0.933. The lowest BCUT2D eigenvalue weighted by Gasteiger charge is -2.04. The van der Waals surface area contributed by atoms with Gasteiger partial charge in [-0.1, -0.05) is 37.2 Å². The van der Waals surface area contributed by atoms with E-state index in [1.807, 2.05) is 12.1 Å². The number of benzene rings is 1. The van der Waals surface area contributed by atoms with Crippen LogP contribution in [0.15, 0.2) is 40.3 Å². The van der Waals surface area contributed by atoms with Crippen molar-refractivity contribution in [2.24, 2.45) is 0 Å². The summed E-state index contributed by atoms with van der Waals surface area (Å²) < 4.78 is 0. The summed E-state index contributed by atoms with van der Waals surface area (Å²) in [7, 11) is 0. The van der Waals surface area contributed by atoms with Gasteiger partial charge in [-0.3, -0.25) is 4.79 Å². The van der Waals surface area contributed by atoms with Crippen LogP contribution >= 0.6 is 11.8 Å². The molecule has 5 heteroatoms. The van der Waals surface area contributed by atoms with Crippen LogP contribution in [0, 0.1) is 0 Å². The molecule has 0 atom stereocenters. The van der Waals surface area contributed by atoms with Gasteiger partial charge >= 0.3 is 0 Å². The molecule has 0 aliphatic rings. The lowest BCUT2D eigenvalue weighted by atomic mass is 10.1. The quantitative estimate of drug-likeness (QED) is 0.357. The minimum atomic E-state index is -0.0607. The second-order valence-corrected chi connectivity index (χ2v) is 6.07. The molecular formula is C16H21N3OS. The number of H-pyrrole nitrogens is 1. The Bertz CT molecular complexity index is 622. The Kier molecular flexibility index (Phi) is 5.87. The van der Waals surface area contributed by atoms with Gasteiger partial charge in [0.1, 0.15) is 0 Å². The third-order valence-corrected chi connectivity index (χ3v) is 4.07. The molecule has 112 valence electrons. The topological polar surface area (TPSA) is 71.8 Å². The molecule has 0 bridgehead atoms. The standard InChI is InChI=1S/C16H21N3OS/c1-2-4-14-11-15(20)19-16(18-14)21-10-3-5-12-6-8-13(17)9-7-12/h6-9,11H,2-5,10,17H2,1H3,(H,18,19,20). The SMILES string of the molecule is CCCc1cc(=O)[nH]c(SCCCc2ccc(N)cc2)n1. The average Bonchev–Trinajstić information content (AvgIpc) is 2.45. The normalized spacial score (nSPS) is 10.7. The fraction of sp³-hybridized carbons (Fsp3) is 0.375. The third-order valence-electron chi connectivity index (χ3n) is 3.11. The molecule has 2 rings (SSSR count). The van der Waals surface area contributed by atoms with Crippen LogP contribution in [-0.2, 0) is 12.8 Å². The molecule has 0 saturated carbocycles. The molecule has 0 aliphatic heterocycles. The Balaban J connectivity index is 1.83. The van der Waals surface area contributed by atoms with Gasteiger partial charge in [-0.2, -0.15) is 0 Å². The van der Waals surface area contributed by atoms with Crippen molar-refractivity contribution < 1.29 is 0 Å². The van der Waals surface area contributed by atoms with Crippen molar-refractivity contribution in [1.82, 2.24) is 9.97 Å². The van der Waals surface area contributed by atoms with Gasteiger partial charge in [0.15, 0.2) is 5.16 Å². The highest BCUT2D eigenvalue weighted by molar-refractivity contribution is 7.99. The van der Waals surface area contributed by atoms with Crippen molar-refractivity contribution in [3.8, 4) is 0 Å². The van der Waals surface area contributed by atoms with Gasteiger partial charge < -0.3 is 10.7 Å². The van der Waals surface area contributed by atoms with E-state index in [4.69, 9.17) is 5.73 Å². The molecule has 0 saturated heterocycles. The second-order valence-electron chi connectivity index (χ2n) is 4.99. The predicted octanol–water partition coefficient (Wildman–Crippen LogP) is 3.03. The van der Waals surface area contributed by atoms with Gasteiger partial charge in [0, 0.05) is 23.2 Å². The first-order valence-electron chi connectivity index (χ1n) is 7.25. The number of thioether (sulfide) groups is 1. The highest BCUT2D eigenvalue weighted by Gasteiger charge is 2.02. The number of nitrogens with two attached hydrogens (primary N) is 1. The summed E-state index contributed by atoms with van der Waals surface area (Å²) in [6.07, 6.45) is 3.89. The highest BCUT2D eigenvalue weighted by Crippen LogP contribution is 2.15. The molecule has 0 amide bonds. The number of hydrogen-bond acceptors (Lipinski definition) is 4. The molecule has 3 N–H and O–H groups in total. The Morgan fingerprint density at radius 2 is 2.00 bits per heavy atom. The number of nitrogens with zero attached hydrogens (tertiary/aromatic N) is 1. The van der Waals surface area contributed by atoms with Crippen LogP contribution in [-0.4, -0.2) is 15.7 Å². The molecular weight excluding hydrogens is 282 g/mol. The van der Waals surface area contributed by atoms with Crippen LogP contribution in [0.4, 0.5) is 5.69 Å². The number of anilines is 1. The first-order valence-corrected chi connectivity index (χ1v) is 8.23. The van der Waals surface area contributed by atoms with Crippen molar-refractivity contribution in [2.75, 3.05) is 11.5 Å². The van der Waals surface area contributed by atoms with Crippen molar-refractivity contribution in [2.45, 2.75) is 37.8 Å². The van der Waals surface area contributed by atoms with Crippen molar-refractivity contribution in [1.29, 1.82) is 0 Å². The number of aromatic nitrogens is 2. The Labute approximate surface area is 129 Å². The molecule has 0 unspecified atom stereocenters. The van der Waals surface area contributed by atoms with E-state index < -0.39 is 0 Å². The van der Waals surface area contributed by atoms with E-state index in [0.29, 0.717) is 0 Å². The van der Waals surface area contributed by atoms with Gasteiger partial charge in [0.25, 0.3) is 5.56 Å². The van der Waals surface area contributed by atoms with Gasteiger partial charge in [0.05, 0.1) is 0 Å². The van der Waals surface area contributed by atoms with E-state index in [0.717, 1.165) is 48.0 Å². The number of aryl methyl sites for hydroxylation is 2. The third kappa shape index (κ3) is 5.27. The molecule has 0 spiro atoms. The monoisotopic (exact) mass is 303 g/mol. The predicted molar refractivity (Wildman–Crippen MR) is 88.8 cm³/mol. The van der Waals surface area contributed by atoms with E-state index >= 15 is 0 Å². The van der Waals surface area contributed by atoms with Gasteiger partial charge in [-0.15, -0.1) is 0 Å².